The summed E-state index contributed by atoms with van der Waals surface area (Å²) in [7, 11) is 0. The van der Waals surface area contributed by atoms with Gasteiger partial charge in [-0.2, -0.15) is 0 Å². The Kier molecular flexibility index (Phi) is 4.65. The first-order valence-corrected chi connectivity index (χ1v) is 8.69. The van der Waals surface area contributed by atoms with Crippen LogP contribution in [-0.2, 0) is 0 Å². The molecule has 4 heteroatoms. The molecule has 1 fully saturated rings. The fraction of sp³-hybridized carbons (Fsp3) is 0.562. The zero-order valence-electron chi connectivity index (χ0n) is 12.8. The third-order valence-electron chi connectivity index (χ3n) is 4.22. The molecule has 0 saturated carbocycles. The first-order chi connectivity index (χ1) is 9.34. The van der Waals surface area contributed by atoms with E-state index in [1.807, 2.05) is 0 Å². The van der Waals surface area contributed by atoms with Crippen LogP contribution in [0, 0.1) is 11.3 Å². The van der Waals surface area contributed by atoms with Crippen molar-refractivity contribution in [3.8, 4) is 0 Å². The zero-order chi connectivity index (χ0) is 14.9. The van der Waals surface area contributed by atoms with Gasteiger partial charge in [0.1, 0.15) is 4.99 Å². The molecule has 0 aliphatic carbocycles. The van der Waals surface area contributed by atoms with Crippen LogP contribution in [0.15, 0.2) is 23.1 Å². The maximum atomic E-state index is 5.97. The summed E-state index contributed by atoms with van der Waals surface area (Å²) in [4.78, 5) is 4.13. The highest BCUT2D eigenvalue weighted by atomic mass is 32.2. The van der Waals surface area contributed by atoms with Gasteiger partial charge in [-0.3, -0.25) is 0 Å². The molecule has 2 N–H and O–H groups in total. The van der Waals surface area contributed by atoms with Gasteiger partial charge in [-0.15, -0.1) is 11.8 Å². The van der Waals surface area contributed by atoms with Gasteiger partial charge >= 0.3 is 0 Å². The van der Waals surface area contributed by atoms with E-state index in [0.717, 1.165) is 24.6 Å². The van der Waals surface area contributed by atoms with Gasteiger partial charge in [0.2, 0.25) is 0 Å². The molecule has 1 unspecified atom stereocenters. The molecule has 1 saturated heterocycles. The van der Waals surface area contributed by atoms with Crippen molar-refractivity contribution < 1.29 is 0 Å². The molecule has 2 nitrogen and oxygen atoms in total. The summed E-state index contributed by atoms with van der Waals surface area (Å²) in [6.07, 6.45) is 3.31. The van der Waals surface area contributed by atoms with E-state index in [9.17, 15) is 0 Å². The minimum absolute atomic E-state index is 0.356. The van der Waals surface area contributed by atoms with E-state index in [0.29, 0.717) is 10.4 Å². The number of nitrogens with zero attached hydrogens (tertiary/aromatic N) is 1. The molecule has 0 radical (unpaired) electrons. The molecule has 0 amide bonds. The molecule has 1 heterocycles. The Morgan fingerprint density at radius 1 is 1.40 bits per heavy atom. The fourth-order valence-electron chi connectivity index (χ4n) is 2.89. The smallest absolute Gasteiger partial charge is 0.107 e. The van der Waals surface area contributed by atoms with Gasteiger partial charge in [0.15, 0.2) is 0 Å². The summed E-state index contributed by atoms with van der Waals surface area (Å²) in [5.74, 6) is 0.722. The van der Waals surface area contributed by atoms with Gasteiger partial charge in [0.05, 0.1) is 0 Å². The number of hydrogen-bond acceptors (Lipinski definition) is 3. The third-order valence-corrected chi connectivity index (χ3v) is 5.21. The maximum Gasteiger partial charge on any atom is 0.107 e. The molecular formula is C16H24N2S2. The van der Waals surface area contributed by atoms with Crippen LogP contribution in [0.5, 0.6) is 0 Å². The normalized spacial score (nSPS) is 19.4. The van der Waals surface area contributed by atoms with Crippen molar-refractivity contribution in [2.24, 2.45) is 17.1 Å². The summed E-state index contributed by atoms with van der Waals surface area (Å²) in [5.41, 5.74) is 8.58. The number of rotatable bonds is 3. The Morgan fingerprint density at radius 3 is 2.60 bits per heavy atom. The van der Waals surface area contributed by atoms with Crippen molar-refractivity contribution in [3.05, 3.63) is 23.8 Å². The second kappa shape index (κ2) is 5.94. The third kappa shape index (κ3) is 3.12. The summed E-state index contributed by atoms with van der Waals surface area (Å²) in [5, 5.41) is 0. The molecule has 1 aliphatic rings. The number of anilines is 1. The van der Waals surface area contributed by atoms with Crippen molar-refractivity contribution in [2.45, 2.75) is 32.1 Å². The summed E-state index contributed by atoms with van der Waals surface area (Å²) < 4.78 is 0. The molecular weight excluding hydrogens is 284 g/mol. The predicted molar refractivity (Wildman–Crippen MR) is 93.9 cm³/mol. The van der Waals surface area contributed by atoms with Crippen molar-refractivity contribution in [2.75, 3.05) is 24.2 Å². The van der Waals surface area contributed by atoms with Crippen LogP contribution < -0.4 is 10.6 Å². The Bertz CT molecular complexity index is 506. The van der Waals surface area contributed by atoms with Gasteiger partial charge < -0.3 is 10.6 Å². The van der Waals surface area contributed by atoms with E-state index >= 15 is 0 Å². The van der Waals surface area contributed by atoms with E-state index in [1.54, 1.807) is 11.8 Å². The number of benzene rings is 1. The Labute approximate surface area is 132 Å². The van der Waals surface area contributed by atoms with E-state index in [4.69, 9.17) is 18.0 Å². The van der Waals surface area contributed by atoms with E-state index < -0.39 is 0 Å². The quantitative estimate of drug-likeness (QED) is 0.677. The number of thiocarbonyl (C=S) groups is 1. The van der Waals surface area contributed by atoms with Crippen molar-refractivity contribution in [1.29, 1.82) is 0 Å². The molecule has 0 spiro atoms. The van der Waals surface area contributed by atoms with E-state index in [1.165, 1.54) is 17.0 Å². The van der Waals surface area contributed by atoms with Gasteiger partial charge in [-0.05, 0) is 36.1 Å². The van der Waals surface area contributed by atoms with E-state index in [2.05, 4.69) is 50.1 Å². The topological polar surface area (TPSA) is 29.3 Å². The van der Waals surface area contributed by atoms with Gasteiger partial charge in [0.25, 0.3) is 0 Å². The Morgan fingerprint density at radius 2 is 2.10 bits per heavy atom. The lowest BCUT2D eigenvalue weighted by Gasteiger charge is -2.28. The molecule has 0 aromatic heterocycles. The largest absolute Gasteiger partial charge is 0.389 e. The monoisotopic (exact) mass is 308 g/mol. The summed E-state index contributed by atoms with van der Waals surface area (Å²) >= 11 is 6.99. The molecule has 20 heavy (non-hydrogen) atoms. The molecule has 0 bridgehead atoms. The zero-order valence-corrected chi connectivity index (χ0v) is 14.4. The van der Waals surface area contributed by atoms with Crippen LogP contribution in [0.4, 0.5) is 5.69 Å². The highest BCUT2D eigenvalue weighted by Gasteiger charge is 2.32. The predicted octanol–water partition coefficient (Wildman–Crippen LogP) is 3.92. The SMILES string of the molecule is CSc1cccc(N2CCC(C(C)(C)C)C2)c1C(N)=S. The van der Waals surface area contributed by atoms with Crippen LogP contribution in [0.2, 0.25) is 0 Å². The summed E-state index contributed by atoms with van der Waals surface area (Å²) in [6, 6.07) is 6.35. The van der Waals surface area contributed by atoms with Crippen molar-refractivity contribution >= 4 is 34.7 Å². The first kappa shape index (κ1) is 15.6. The van der Waals surface area contributed by atoms with Crippen LogP contribution in [0.3, 0.4) is 0 Å². The summed E-state index contributed by atoms with van der Waals surface area (Å²) in [6.45, 7) is 9.17. The van der Waals surface area contributed by atoms with Crippen LogP contribution in [-0.4, -0.2) is 24.3 Å². The second-order valence-electron chi connectivity index (χ2n) is 6.52. The number of hydrogen-bond donors (Lipinski definition) is 1. The molecule has 110 valence electrons. The molecule has 1 aromatic carbocycles. The van der Waals surface area contributed by atoms with E-state index in [-0.39, 0.29) is 0 Å². The maximum absolute atomic E-state index is 5.97. The molecule has 1 atom stereocenters. The lowest BCUT2D eigenvalue weighted by atomic mass is 9.80. The highest BCUT2D eigenvalue weighted by molar-refractivity contribution is 7.98. The molecule has 1 aromatic rings. The fourth-order valence-corrected chi connectivity index (χ4v) is 3.80. The molecule has 2 rings (SSSR count). The van der Waals surface area contributed by atoms with Crippen molar-refractivity contribution in [3.63, 3.8) is 0 Å². The Hall–Kier alpha value is -0.740. The lowest BCUT2D eigenvalue weighted by molar-refractivity contribution is 0.263. The van der Waals surface area contributed by atoms with Crippen molar-refractivity contribution in [1.82, 2.24) is 0 Å². The number of nitrogens with two attached hydrogens (primary N) is 1. The highest BCUT2D eigenvalue weighted by Crippen LogP contribution is 2.38. The Balaban J connectivity index is 2.33. The average molecular weight is 309 g/mol. The minimum Gasteiger partial charge on any atom is -0.389 e. The first-order valence-electron chi connectivity index (χ1n) is 7.06. The second-order valence-corrected chi connectivity index (χ2v) is 7.80. The minimum atomic E-state index is 0.356. The number of thioether (sulfide) groups is 1. The van der Waals surface area contributed by atoms with Gasteiger partial charge in [-0.25, -0.2) is 0 Å². The molecule has 1 aliphatic heterocycles. The standard InChI is InChI=1S/C16H24N2S2/c1-16(2,3)11-8-9-18(10-11)12-6-5-7-13(20-4)14(12)15(17)19/h5-7,11H,8-10H2,1-4H3,(H2,17,19). The lowest BCUT2D eigenvalue weighted by Crippen LogP contribution is -2.27. The van der Waals surface area contributed by atoms with Gasteiger partial charge in [0, 0.05) is 29.2 Å². The van der Waals surface area contributed by atoms with Crippen LogP contribution >= 0.6 is 24.0 Å². The van der Waals surface area contributed by atoms with Crippen LogP contribution in [0.25, 0.3) is 0 Å². The average Bonchev–Trinajstić information content (AvgIpc) is 2.86. The van der Waals surface area contributed by atoms with Gasteiger partial charge in [-0.1, -0.05) is 39.1 Å². The van der Waals surface area contributed by atoms with Crippen LogP contribution in [0.1, 0.15) is 32.8 Å².